The zero-order chi connectivity index (χ0) is 17.6. The number of thioether (sulfide) groups is 1. The molecule has 3 nitrogen and oxygen atoms in total. The van der Waals surface area contributed by atoms with E-state index < -0.39 is 0 Å². The number of hydrogen-bond donors (Lipinski definition) is 0. The molecule has 0 aliphatic rings. The first-order valence-corrected chi connectivity index (χ1v) is 8.76. The van der Waals surface area contributed by atoms with Crippen molar-refractivity contribution in [2.45, 2.75) is 19.2 Å². The Morgan fingerprint density at radius 1 is 1.39 bits per heavy atom. The molecule has 0 radical (unpaired) electrons. The normalized spacial score (nSPS) is 13.1. The number of allylic oxidation sites excluding steroid dienone is 1. The Kier molecular flexibility index (Phi) is 7.89. The number of rotatable bonds is 8. The van der Waals surface area contributed by atoms with Crippen LogP contribution in [0.25, 0.3) is 9.94 Å². The van der Waals surface area contributed by atoms with Gasteiger partial charge in [0.05, 0.1) is 10.4 Å². The monoisotopic (exact) mass is 352 g/mol. The first kappa shape index (κ1) is 19.8. The third kappa shape index (κ3) is 5.41. The summed E-state index contributed by atoms with van der Waals surface area (Å²) in [5.41, 5.74) is 2.86. The SMILES string of the molecule is C=C(SC(C)N(C)C)c1ccc(N(C)CC)c(/C(Cl)=C\C=O)c1. The van der Waals surface area contributed by atoms with Crippen molar-refractivity contribution in [1.82, 2.24) is 4.90 Å². The van der Waals surface area contributed by atoms with E-state index in [2.05, 4.69) is 30.2 Å². The van der Waals surface area contributed by atoms with E-state index in [0.29, 0.717) is 16.7 Å². The van der Waals surface area contributed by atoms with Crippen molar-refractivity contribution in [3.05, 3.63) is 42.0 Å². The molecule has 0 saturated heterocycles. The topological polar surface area (TPSA) is 23.6 Å². The van der Waals surface area contributed by atoms with Gasteiger partial charge in [-0.05, 0) is 51.7 Å². The number of aldehydes is 1. The maximum Gasteiger partial charge on any atom is 0.144 e. The predicted molar refractivity (Wildman–Crippen MR) is 105 cm³/mol. The number of benzene rings is 1. The van der Waals surface area contributed by atoms with Gasteiger partial charge in [0.2, 0.25) is 0 Å². The number of anilines is 1. The van der Waals surface area contributed by atoms with Crippen molar-refractivity contribution in [3.8, 4) is 0 Å². The Morgan fingerprint density at radius 2 is 2.04 bits per heavy atom. The number of hydrogen-bond acceptors (Lipinski definition) is 4. The first-order valence-electron chi connectivity index (χ1n) is 7.50. The minimum absolute atomic E-state index is 0.324. The molecule has 0 fully saturated rings. The van der Waals surface area contributed by atoms with Crippen molar-refractivity contribution in [3.63, 3.8) is 0 Å². The molecule has 0 spiro atoms. The molecule has 0 bridgehead atoms. The van der Waals surface area contributed by atoms with Crippen LogP contribution in [-0.4, -0.2) is 44.2 Å². The van der Waals surface area contributed by atoms with Crippen molar-refractivity contribution in [2.24, 2.45) is 0 Å². The van der Waals surface area contributed by atoms with Gasteiger partial charge in [0, 0.05) is 29.7 Å². The van der Waals surface area contributed by atoms with Crippen LogP contribution in [0.4, 0.5) is 5.69 Å². The summed E-state index contributed by atoms with van der Waals surface area (Å²) in [6.45, 7) is 9.24. The molecule has 1 unspecified atom stereocenters. The highest BCUT2D eigenvalue weighted by molar-refractivity contribution is 8.08. The smallest absolute Gasteiger partial charge is 0.144 e. The molecule has 126 valence electrons. The fraction of sp³-hybridized carbons (Fsp3) is 0.389. The lowest BCUT2D eigenvalue weighted by molar-refractivity contribution is -0.104. The van der Waals surface area contributed by atoms with Crippen LogP contribution in [0.15, 0.2) is 30.9 Å². The summed E-state index contributed by atoms with van der Waals surface area (Å²) < 4.78 is 0. The molecule has 0 aromatic heterocycles. The molecule has 0 aliphatic heterocycles. The van der Waals surface area contributed by atoms with E-state index in [9.17, 15) is 4.79 Å². The van der Waals surface area contributed by atoms with Crippen LogP contribution < -0.4 is 4.90 Å². The highest BCUT2D eigenvalue weighted by Crippen LogP contribution is 2.36. The minimum atomic E-state index is 0.324. The third-order valence-electron chi connectivity index (χ3n) is 3.72. The molecule has 1 aromatic rings. The van der Waals surface area contributed by atoms with E-state index in [1.165, 1.54) is 6.08 Å². The summed E-state index contributed by atoms with van der Waals surface area (Å²) in [7, 11) is 6.08. The van der Waals surface area contributed by atoms with Crippen LogP contribution in [-0.2, 0) is 4.79 Å². The molecule has 0 N–H and O–H groups in total. The maximum absolute atomic E-state index is 10.8. The van der Waals surface area contributed by atoms with Gasteiger partial charge in [0.1, 0.15) is 6.29 Å². The molecule has 0 saturated carbocycles. The van der Waals surface area contributed by atoms with Crippen LogP contribution in [0, 0.1) is 0 Å². The van der Waals surface area contributed by atoms with Crippen molar-refractivity contribution >= 4 is 45.3 Å². The van der Waals surface area contributed by atoms with E-state index in [1.54, 1.807) is 11.8 Å². The summed E-state index contributed by atoms with van der Waals surface area (Å²) in [6, 6.07) is 6.08. The first-order chi connectivity index (χ1) is 10.8. The lowest BCUT2D eigenvalue weighted by Crippen LogP contribution is -2.21. The molecular weight excluding hydrogens is 328 g/mol. The van der Waals surface area contributed by atoms with Gasteiger partial charge in [0.15, 0.2) is 0 Å². The van der Waals surface area contributed by atoms with Gasteiger partial charge in [-0.15, -0.1) is 11.8 Å². The molecule has 1 atom stereocenters. The molecular formula is C18H25ClN2OS. The van der Waals surface area contributed by atoms with Crippen LogP contribution in [0.5, 0.6) is 0 Å². The zero-order valence-corrected chi connectivity index (χ0v) is 16.0. The van der Waals surface area contributed by atoms with Crippen molar-refractivity contribution in [1.29, 1.82) is 0 Å². The molecule has 0 amide bonds. The Morgan fingerprint density at radius 3 is 2.57 bits per heavy atom. The summed E-state index contributed by atoms with van der Waals surface area (Å²) in [4.78, 5) is 16.0. The maximum atomic E-state index is 10.8. The van der Waals surface area contributed by atoms with E-state index >= 15 is 0 Å². The van der Waals surface area contributed by atoms with Crippen LogP contribution in [0.3, 0.4) is 0 Å². The van der Waals surface area contributed by atoms with Crippen molar-refractivity contribution < 1.29 is 4.79 Å². The highest BCUT2D eigenvalue weighted by Gasteiger charge is 2.14. The fourth-order valence-corrected chi connectivity index (χ4v) is 3.02. The quantitative estimate of drug-likeness (QED) is 0.389. The Bertz CT molecular complexity index is 599. The van der Waals surface area contributed by atoms with Crippen LogP contribution in [0.1, 0.15) is 25.0 Å². The predicted octanol–water partition coefficient (Wildman–Crippen LogP) is 4.53. The Balaban J connectivity index is 3.22. The molecule has 1 rings (SSSR count). The number of halogens is 1. The standard InChI is InChI=1S/C18H25ClN2OS/c1-7-21(6)18-9-8-15(12-16(18)17(19)10-11-22)13(2)23-14(3)20(4)5/h8-12,14H,2,7H2,1,3-6H3/b17-10+. The average Bonchev–Trinajstić information content (AvgIpc) is 2.53. The van der Waals surface area contributed by atoms with Gasteiger partial charge in [-0.3, -0.25) is 9.69 Å². The molecule has 1 aromatic carbocycles. The molecule has 0 heterocycles. The van der Waals surface area contributed by atoms with E-state index in [1.807, 2.05) is 39.3 Å². The Hall–Kier alpha value is -1.23. The van der Waals surface area contributed by atoms with Gasteiger partial charge < -0.3 is 4.90 Å². The van der Waals surface area contributed by atoms with Gasteiger partial charge in [-0.1, -0.05) is 24.2 Å². The zero-order valence-electron chi connectivity index (χ0n) is 14.5. The summed E-state index contributed by atoms with van der Waals surface area (Å²) in [5.74, 6) is 0. The third-order valence-corrected chi connectivity index (χ3v) is 5.33. The second-order valence-electron chi connectivity index (χ2n) is 5.50. The highest BCUT2D eigenvalue weighted by atomic mass is 35.5. The summed E-state index contributed by atoms with van der Waals surface area (Å²) in [5, 5.41) is 0.764. The van der Waals surface area contributed by atoms with Crippen LogP contribution >= 0.6 is 23.4 Å². The van der Waals surface area contributed by atoms with E-state index in [0.717, 1.165) is 28.3 Å². The number of carbonyl (C=O) groups is 1. The van der Waals surface area contributed by atoms with E-state index in [-0.39, 0.29) is 0 Å². The van der Waals surface area contributed by atoms with Gasteiger partial charge in [0.25, 0.3) is 0 Å². The molecule has 0 aliphatic carbocycles. The second-order valence-corrected chi connectivity index (χ2v) is 7.32. The molecule has 23 heavy (non-hydrogen) atoms. The lowest BCUT2D eigenvalue weighted by Gasteiger charge is -2.23. The lowest BCUT2D eigenvalue weighted by atomic mass is 10.1. The largest absolute Gasteiger partial charge is 0.374 e. The van der Waals surface area contributed by atoms with E-state index in [4.69, 9.17) is 11.6 Å². The number of carbonyl (C=O) groups excluding carboxylic acids is 1. The summed E-state index contributed by atoms with van der Waals surface area (Å²) >= 11 is 8.00. The number of nitrogens with zero attached hydrogens (tertiary/aromatic N) is 2. The van der Waals surface area contributed by atoms with Crippen molar-refractivity contribution in [2.75, 3.05) is 32.6 Å². The van der Waals surface area contributed by atoms with Gasteiger partial charge in [-0.25, -0.2) is 0 Å². The van der Waals surface area contributed by atoms with Gasteiger partial charge >= 0.3 is 0 Å². The fourth-order valence-electron chi connectivity index (χ4n) is 1.93. The van der Waals surface area contributed by atoms with Crippen LogP contribution in [0.2, 0.25) is 0 Å². The molecule has 5 heteroatoms. The average molecular weight is 353 g/mol. The van der Waals surface area contributed by atoms with Gasteiger partial charge in [-0.2, -0.15) is 0 Å². The Labute approximate surface area is 149 Å². The summed E-state index contributed by atoms with van der Waals surface area (Å²) in [6.07, 6.45) is 2.09. The minimum Gasteiger partial charge on any atom is -0.374 e. The second kappa shape index (κ2) is 9.16.